The molecule has 7 rings (SSSR count). The maximum absolute atomic E-state index is 13.0. The minimum Gasteiger partial charge on any atom is -0.481 e. The number of rotatable bonds is 10. The Labute approximate surface area is 335 Å². The lowest BCUT2D eigenvalue weighted by Crippen LogP contribution is -2.47. The van der Waals surface area contributed by atoms with Crippen molar-refractivity contribution in [2.45, 2.75) is 45.8 Å². The van der Waals surface area contributed by atoms with E-state index in [1.807, 2.05) is 72.8 Å². The molecule has 12 heteroatoms. The van der Waals surface area contributed by atoms with Gasteiger partial charge in [-0.15, -0.1) is 0 Å². The fraction of sp³-hybridized carbons (Fsp3) is 0.283. The highest BCUT2D eigenvalue weighted by atomic mass is 16.5. The van der Waals surface area contributed by atoms with Gasteiger partial charge in [-0.05, 0) is 80.1 Å². The number of hydrogen-bond acceptors (Lipinski definition) is 10. The van der Waals surface area contributed by atoms with E-state index < -0.39 is 23.5 Å². The van der Waals surface area contributed by atoms with Gasteiger partial charge in [0.25, 0.3) is 11.8 Å². The molecular formula is C46H46N2O10. The normalized spacial score (nSPS) is 14.8. The number of likely N-dealkylation sites (N-methyl/N-ethyl adjacent to an activating group) is 1. The summed E-state index contributed by atoms with van der Waals surface area (Å²) >= 11 is 0. The lowest BCUT2D eigenvalue weighted by atomic mass is 9.98. The zero-order valence-corrected chi connectivity index (χ0v) is 33.1. The standard InChI is InChI=1S/C26H27NO6.C20H19NO4/c1-3-31-26(30)19-10-7-13-27(16-19)25(29)17(2)32-20-11-12-21-22(18-8-5-4-6-9-18)15-24(28)33-23(21)14-20;1-13(20(23)21(2)3)24-15-9-10-16-17(14-7-5-4-6-8-14)12-19(22)25-18(16)11-15/h4-6,8-9,11-12,14-15,17,19H,3,7,10,13,16H2,1-2H3;4-13H,1-3H3/t17-,19+;13-/m11/s1. The lowest BCUT2D eigenvalue weighted by Gasteiger charge is -2.33. The molecule has 0 bridgehead atoms. The summed E-state index contributed by atoms with van der Waals surface area (Å²) in [4.78, 5) is 64.2. The molecule has 0 N–H and O–H groups in total. The number of piperidine rings is 1. The highest BCUT2D eigenvalue weighted by Crippen LogP contribution is 2.31. The second-order valence-electron chi connectivity index (χ2n) is 14.1. The molecule has 3 heterocycles. The minimum atomic E-state index is -0.757. The Morgan fingerprint density at radius 3 is 1.71 bits per heavy atom. The van der Waals surface area contributed by atoms with Gasteiger partial charge in [-0.1, -0.05) is 60.7 Å². The smallest absolute Gasteiger partial charge is 0.336 e. The predicted molar refractivity (Wildman–Crippen MR) is 221 cm³/mol. The van der Waals surface area contributed by atoms with Crippen LogP contribution in [0.15, 0.2) is 128 Å². The van der Waals surface area contributed by atoms with E-state index in [2.05, 4.69) is 0 Å². The Balaban J connectivity index is 0.000000203. The zero-order valence-electron chi connectivity index (χ0n) is 33.1. The van der Waals surface area contributed by atoms with Crippen molar-refractivity contribution in [3.63, 3.8) is 0 Å². The number of hydrogen-bond donors (Lipinski definition) is 0. The second kappa shape index (κ2) is 18.5. The van der Waals surface area contributed by atoms with Crippen molar-refractivity contribution in [3.8, 4) is 33.8 Å². The Kier molecular flexibility index (Phi) is 13.1. The average Bonchev–Trinajstić information content (AvgIpc) is 3.23. The van der Waals surface area contributed by atoms with E-state index in [1.54, 1.807) is 64.0 Å². The van der Waals surface area contributed by atoms with Crippen LogP contribution >= 0.6 is 0 Å². The molecule has 12 nitrogen and oxygen atoms in total. The van der Waals surface area contributed by atoms with Crippen molar-refractivity contribution >= 4 is 39.7 Å². The third-order valence-corrected chi connectivity index (χ3v) is 9.72. The number of likely N-dealkylation sites (tertiary alicyclic amines) is 1. The second-order valence-corrected chi connectivity index (χ2v) is 14.1. The van der Waals surface area contributed by atoms with Crippen molar-refractivity contribution in [2.24, 2.45) is 5.92 Å². The predicted octanol–water partition coefficient (Wildman–Crippen LogP) is 7.34. The zero-order chi connectivity index (χ0) is 41.3. The van der Waals surface area contributed by atoms with Gasteiger partial charge in [-0.25, -0.2) is 9.59 Å². The fourth-order valence-electron chi connectivity index (χ4n) is 6.91. The molecule has 1 saturated heterocycles. The van der Waals surface area contributed by atoms with Gasteiger partial charge in [-0.3, -0.25) is 14.4 Å². The third kappa shape index (κ3) is 9.81. The van der Waals surface area contributed by atoms with Gasteiger partial charge >= 0.3 is 17.2 Å². The molecule has 1 aliphatic heterocycles. The molecule has 58 heavy (non-hydrogen) atoms. The third-order valence-electron chi connectivity index (χ3n) is 9.72. The van der Waals surface area contributed by atoms with Gasteiger partial charge in [0.2, 0.25) is 0 Å². The first-order valence-electron chi connectivity index (χ1n) is 19.2. The van der Waals surface area contributed by atoms with Crippen molar-refractivity contribution in [3.05, 3.63) is 130 Å². The first kappa shape index (κ1) is 41.0. The average molecular weight is 787 g/mol. The molecule has 300 valence electrons. The molecule has 2 amide bonds. The van der Waals surface area contributed by atoms with Gasteiger partial charge in [-0.2, -0.15) is 0 Å². The number of fused-ring (bicyclic) bond motifs is 2. The van der Waals surface area contributed by atoms with Crippen molar-refractivity contribution in [1.29, 1.82) is 0 Å². The largest absolute Gasteiger partial charge is 0.481 e. The van der Waals surface area contributed by atoms with Crippen LogP contribution in [0.3, 0.4) is 0 Å². The first-order valence-corrected chi connectivity index (χ1v) is 19.2. The number of carbonyl (C=O) groups excluding carboxylic acids is 3. The Hall–Kier alpha value is -6.69. The first-order chi connectivity index (χ1) is 27.9. The Morgan fingerprint density at radius 2 is 1.22 bits per heavy atom. The molecule has 0 saturated carbocycles. The maximum Gasteiger partial charge on any atom is 0.336 e. The Bertz CT molecular complexity index is 2510. The monoisotopic (exact) mass is 786 g/mol. The molecular weight excluding hydrogens is 741 g/mol. The fourth-order valence-corrected chi connectivity index (χ4v) is 6.91. The van der Waals surface area contributed by atoms with Crippen LogP contribution in [0, 0.1) is 5.92 Å². The van der Waals surface area contributed by atoms with Crippen LogP contribution in [0.5, 0.6) is 11.5 Å². The minimum absolute atomic E-state index is 0.139. The van der Waals surface area contributed by atoms with E-state index in [0.717, 1.165) is 39.4 Å². The summed E-state index contributed by atoms with van der Waals surface area (Å²) in [5.41, 5.74) is 3.35. The summed E-state index contributed by atoms with van der Waals surface area (Å²) in [5.74, 6) is 0.00551. The quantitative estimate of drug-likeness (QED) is 0.102. The highest BCUT2D eigenvalue weighted by molar-refractivity contribution is 5.95. The summed E-state index contributed by atoms with van der Waals surface area (Å²) in [5, 5.41) is 1.59. The van der Waals surface area contributed by atoms with Crippen LogP contribution in [0.2, 0.25) is 0 Å². The highest BCUT2D eigenvalue weighted by Gasteiger charge is 2.32. The Morgan fingerprint density at radius 1 is 0.724 bits per heavy atom. The van der Waals surface area contributed by atoms with Crippen LogP contribution < -0.4 is 20.7 Å². The number of amides is 2. The van der Waals surface area contributed by atoms with Crippen LogP contribution in [0.4, 0.5) is 0 Å². The van der Waals surface area contributed by atoms with Gasteiger partial charge in [0.15, 0.2) is 12.2 Å². The summed E-state index contributed by atoms with van der Waals surface area (Å²) in [6.07, 6.45) is 0.0697. The van der Waals surface area contributed by atoms with Gasteiger partial charge < -0.3 is 32.8 Å². The molecule has 2 aromatic heterocycles. The molecule has 4 aromatic carbocycles. The lowest BCUT2D eigenvalue weighted by molar-refractivity contribution is -0.152. The van der Waals surface area contributed by atoms with E-state index in [4.69, 9.17) is 23.0 Å². The van der Waals surface area contributed by atoms with Crippen LogP contribution in [0.1, 0.15) is 33.6 Å². The molecule has 0 spiro atoms. The number of nitrogens with zero attached hydrogens (tertiary/aromatic N) is 2. The summed E-state index contributed by atoms with van der Waals surface area (Å²) in [6.45, 7) is 6.37. The molecule has 3 atom stereocenters. The van der Waals surface area contributed by atoms with Crippen molar-refractivity contribution in [2.75, 3.05) is 33.8 Å². The SMILES string of the molecule is CCOC(=O)[C@H]1CCCN(C(=O)[C@@H](C)Oc2ccc3c(-c4ccccc4)cc(=O)oc3c2)C1.C[C@@H](Oc1ccc2c(-c3ccccc3)cc(=O)oc2c1)C(=O)N(C)C. The summed E-state index contributed by atoms with van der Waals surface area (Å²) < 4.78 is 27.4. The molecule has 1 aliphatic rings. The van der Waals surface area contributed by atoms with E-state index in [-0.39, 0.29) is 23.7 Å². The maximum atomic E-state index is 13.0. The van der Waals surface area contributed by atoms with Crippen LogP contribution in [0.25, 0.3) is 44.2 Å². The number of carbonyl (C=O) groups is 3. The molecule has 1 fully saturated rings. The summed E-state index contributed by atoms with van der Waals surface area (Å²) in [6, 6.07) is 32.7. The number of benzene rings is 4. The topological polar surface area (TPSA) is 146 Å². The number of esters is 1. The van der Waals surface area contributed by atoms with Crippen molar-refractivity contribution < 1.29 is 37.4 Å². The molecule has 0 radical (unpaired) electrons. The van der Waals surface area contributed by atoms with E-state index >= 15 is 0 Å². The molecule has 6 aromatic rings. The number of ether oxygens (including phenoxy) is 3. The van der Waals surface area contributed by atoms with Crippen molar-refractivity contribution in [1.82, 2.24) is 9.80 Å². The molecule has 0 aliphatic carbocycles. The molecule has 0 unspecified atom stereocenters. The van der Waals surface area contributed by atoms with E-state index in [0.29, 0.717) is 48.8 Å². The van der Waals surface area contributed by atoms with Gasteiger partial charge in [0, 0.05) is 62.2 Å². The van der Waals surface area contributed by atoms with Gasteiger partial charge in [0.05, 0.1) is 12.5 Å². The van der Waals surface area contributed by atoms with Crippen LogP contribution in [-0.4, -0.2) is 73.6 Å². The van der Waals surface area contributed by atoms with E-state index in [1.165, 1.54) is 17.0 Å². The summed E-state index contributed by atoms with van der Waals surface area (Å²) in [7, 11) is 3.35. The van der Waals surface area contributed by atoms with Gasteiger partial charge in [0.1, 0.15) is 22.7 Å². The van der Waals surface area contributed by atoms with Crippen LogP contribution in [-0.2, 0) is 19.1 Å². The van der Waals surface area contributed by atoms with E-state index in [9.17, 15) is 24.0 Å².